The van der Waals surface area contributed by atoms with E-state index in [2.05, 4.69) is 4.98 Å². The molecule has 102 valence electrons. The molecule has 0 unspecified atom stereocenters. The quantitative estimate of drug-likeness (QED) is 0.618. The third kappa shape index (κ3) is 2.12. The van der Waals surface area contributed by atoms with Crippen molar-refractivity contribution < 1.29 is 8.78 Å². The average molecular weight is 406 g/mol. The Morgan fingerprint density at radius 2 is 1.90 bits per heavy atom. The maximum atomic E-state index is 13.7. The van der Waals surface area contributed by atoms with E-state index in [1.54, 1.807) is 12.1 Å². The number of nitrogens with two attached hydrogens (primary N) is 1. The molecule has 0 saturated heterocycles. The minimum Gasteiger partial charge on any atom is -0.369 e. The van der Waals surface area contributed by atoms with Crippen molar-refractivity contribution in [3.8, 4) is 5.69 Å². The van der Waals surface area contributed by atoms with Crippen LogP contribution in [0.4, 0.5) is 14.7 Å². The van der Waals surface area contributed by atoms with E-state index in [0.717, 1.165) is 0 Å². The molecule has 0 saturated carbocycles. The van der Waals surface area contributed by atoms with Gasteiger partial charge in [-0.3, -0.25) is 4.57 Å². The summed E-state index contributed by atoms with van der Waals surface area (Å²) in [4.78, 5) is 4.16. The number of hydrogen-bond acceptors (Lipinski definition) is 2. The van der Waals surface area contributed by atoms with Gasteiger partial charge in [-0.1, -0.05) is 11.6 Å². The molecule has 3 rings (SSSR count). The van der Waals surface area contributed by atoms with Crippen molar-refractivity contribution in [2.24, 2.45) is 0 Å². The maximum Gasteiger partial charge on any atom is 0.205 e. The van der Waals surface area contributed by atoms with Gasteiger partial charge in [0.1, 0.15) is 11.6 Å². The average Bonchev–Trinajstić information content (AvgIpc) is 2.69. The smallest absolute Gasteiger partial charge is 0.205 e. The van der Waals surface area contributed by atoms with Crippen molar-refractivity contribution in [1.29, 1.82) is 0 Å². The van der Waals surface area contributed by atoms with Gasteiger partial charge in [-0.15, -0.1) is 0 Å². The van der Waals surface area contributed by atoms with Crippen molar-refractivity contribution in [3.05, 3.63) is 50.6 Å². The molecule has 7 heteroatoms. The zero-order chi connectivity index (χ0) is 14.4. The first kappa shape index (κ1) is 13.6. The van der Waals surface area contributed by atoms with E-state index in [0.29, 0.717) is 20.3 Å². The molecule has 0 bridgehead atoms. The number of fused-ring (bicyclic) bond motifs is 1. The van der Waals surface area contributed by atoms with Crippen LogP contribution in [0.2, 0.25) is 5.02 Å². The molecule has 0 radical (unpaired) electrons. The molecular formula is C13H7ClF2IN3. The summed E-state index contributed by atoms with van der Waals surface area (Å²) in [6.07, 6.45) is 0. The lowest BCUT2D eigenvalue weighted by atomic mass is 10.2. The third-order valence-electron chi connectivity index (χ3n) is 2.88. The predicted octanol–water partition coefficient (Wildman–Crippen LogP) is 4.14. The van der Waals surface area contributed by atoms with Crippen molar-refractivity contribution in [2.75, 3.05) is 5.73 Å². The number of imidazole rings is 1. The lowest BCUT2D eigenvalue weighted by Gasteiger charge is -2.07. The Morgan fingerprint density at radius 1 is 1.15 bits per heavy atom. The van der Waals surface area contributed by atoms with Crippen molar-refractivity contribution >= 4 is 51.2 Å². The molecule has 0 atom stereocenters. The lowest BCUT2D eigenvalue weighted by molar-refractivity contribution is 0.621. The lowest BCUT2D eigenvalue weighted by Crippen LogP contribution is -2.01. The highest BCUT2D eigenvalue weighted by atomic mass is 127. The number of nitrogens with zero attached hydrogens (tertiary/aromatic N) is 2. The first-order chi connectivity index (χ1) is 9.47. The zero-order valence-electron chi connectivity index (χ0n) is 9.87. The van der Waals surface area contributed by atoms with E-state index in [1.807, 2.05) is 22.6 Å². The summed E-state index contributed by atoms with van der Waals surface area (Å²) in [6, 6.07) is 7.16. The van der Waals surface area contributed by atoms with Crippen LogP contribution in [-0.4, -0.2) is 9.55 Å². The molecule has 0 aliphatic carbocycles. The van der Waals surface area contributed by atoms with Gasteiger partial charge in [0.2, 0.25) is 5.95 Å². The second-order valence-electron chi connectivity index (χ2n) is 4.16. The number of hydrogen-bond donors (Lipinski definition) is 1. The summed E-state index contributed by atoms with van der Waals surface area (Å²) in [5, 5.41) is 0.0115. The van der Waals surface area contributed by atoms with Crippen molar-refractivity contribution in [3.63, 3.8) is 0 Å². The molecule has 1 aromatic heterocycles. The van der Waals surface area contributed by atoms with Gasteiger partial charge >= 0.3 is 0 Å². The number of benzene rings is 2. The van der Waals surface area contributed by atoms with Crippen LogP contribution in [0.5, 0.6) is 0 Å². The molecule has 2 N–H and O–H groups in total. The van der Waals surface area contributed by atoms with E-state index in [1.165, 1.54) is 22.8 Å². The largest absolute Gasteiger partial charge is 0.369 e. The Labute approximate surface area is 131 Å². The molecule has 0 amide bonds. The Kier molecular flexibility index (Phi) is 3.29. The van der Waals surface area contributed by atoms with Crippen LogP contribution in [0, 0.1) is 15.2 Å². The summed E-state index contributed by atoms with van der Waals surface area (Å²) in [5.74, 6) is -0.798. The molecule has 0 spiro atoms. The molecule has 3 nitrogen and oxygen atoms in total. The normalized spacial score (nSPS) is 11.2. The maximum absolute atomic E-state index is 13.7. The van der Waals surface area contributed by atoms with Gasteiger partial charge in [0.05, 0.1) is 25.3 Å². The Balaban J connectivity index is 2.32. The van der Waals surface area contributed by atoms with Crippen LogP contribution in [0.15, 0.2) is 30.3 Å². The van der Waals surface area contributed by atoms with E-state index >= 15 is 0 Å². The molecule has 0 aliphatic rings. The van der Waals surface area contributed by atoms with Gasteiger partial charge in [-0.25, -0.2) is 13.8 Å². The van der Waals surface area contributed by atoms with Crippen LogP contribution in [0.3, 0.4) is 0 Å². The summed E-state index contributed by atoms with van der Waals surface area (Å²) >= 11 is 7.53. The first-order valence-corrected chi connectivity index (χ1v) is 7.01. The fourth-order valence-corrected chi connectivity index (χ4v) is 2.56. The summed E-state index contributed by atoms with van der Waals surface area (Å²) in [7, 11) is 0. The fraction of sp³-hybridized carbons (Fsp3) is 0. The summed E-state index contributed by atoms with van der Waals surface area (Å²) < 4.78 is 29.2. The summed E-state index contributed by atoms with van der Waals surface area (Å²) in [6.45, 7) is 0. The molecule has 2 aromatic carbocycles. The number of nitrogen functional groups attached to an aromatic ring is 1. The first-order valence-electron chi connectivity index (χ1n) is 5.56. The second kappa shape index (κ2) is 4.85. The van der Waals surface area contributed by atoms with Gasteiger partial charge < -0.3 is 5.73 Å². The van der Waals surface area contributed by atoms with E-state index in [4.69, 9.17) is 17.3 Å². The molecule has 20 heavy (non-hydrogen) atoms. The minimum absolute atomic E-state index is 0.0115. The highest BCUT2D eigenvalue weighted by Crippen LogP contribution is 2.27. The highest BCUT2D eigenvalue weighted by Gasteiger charge is 2.14. The molecule has 1 heterocycles. The number of anilines is 1. The molecule has 0 aliphatic heterocycles. The van der Waals surface area contributed by atoms with Gasteiger partial charge in [-0.2, -0.15) is 0 Å². The van der Waals surface area contributed by atoms with Gasteiger partial charge in [0.25, 0.3) is 0 Å². The zero-order valence-corrected chi connectivity index (χ0v) is 12.8. The number of rotatable bonds is 1. The molecule has 0 fully saturated rings. The number of halogens is 4. The minimum atomic E-state index is -0.573. The van der Waals surface area contributed by atoms with Gasteiger partial charge in [0, 0.05) is 6.07 Å². The Morgan fingerprint density at radius 3 is 2.60 bits per heavy atom. The van der Waals surface area contributed by atoms with Crippen LogP contribution in [0.1, 0.15) is 0 Å². The Bertz CT molecular complexity index is 832. The van der Waals surface area contributed by atoms with E-state index < -0.39 is 5.82 Å². The van der Waals surface area contributed by atoms with Crippen molar-refractivity contribution in [2.45, 2.75) is 0 Å². The topological polar surface area (TPSA) is 43.8 Å². The third-order valence-corrected chi connectivity index (χ3v) is 4.02. The van der Waals surface area contributed by atoms with Crippen LogP contribution in [-0.2, 0) is 0 Å². The second-order valence-corrected chi connectivity index (χ2v) is 5.73. The van der Waals surface area contributed by atoms with Crippen LogP contribution in [0.25, 0.3) is 16.7 Å². The Hall–Kier alpha value is -1.41. The number of aromatic nitrogens is 2. The highest BCUT2D eigenvalue weighted by molar-refractivity contribution is 14.1. The fourth-order valence-electron chi connectivity index (χ4n) is 1.99. The standard InChI is InChI=1S/C13H7ClF2IN3/c14-7-2-1-6(3-8(7)15)20-12-4-9(16)10(17)5-11(12)19-13(20)18/h1-5H,(H2,18,19). The SMILES string of the molecule is Nc1nc2cc(I)c(F)cc2n1-c1ccc(Cl)c(F)c1. The molecular weight excluding hydrogens is 399 g/mol. The van der Waals surface area contributed by atoms with Crippen LogP contribution < -0.4 is 5.73 Å². The van der Waals surface area contributed by atoms with E-state index in [9.17, 15) is 8.78 Å². The van der Waals surface area contributed by atoms with Gasteiger partial charge in [0.15, 0.2) is 0 Å². The molecule has 3 aromatic rings. The van der Waals surface area contributed by atoms with Gasteiger partial charge in [-0.05, 0) is 46.9 Å². The predicted molar refractivity (Wildman–Crippen MR) is 83.1 cm³/mol. The summed E-state index contributed by atoms with van der Waals surface area (Å²) in [5.41, 5.74) is 7.30. The monoisotopic (exact) mass is 405 g/mol. The van der Waals surface area contributed by atoms with E-state index in [-0.39, 0.29) is 16.8 Å². The van der Waals surface area contributed by atoms with Crippen LogP contribution >= 0.6 is 34.2 Å². The van der Waals surface area contributed by atoms with Crippen molar-refractivity contribution in [1.82, 2.24) is 9.55 Å².